The van der Waals surface area contributed by atoms with Crippen LogP contribution in [0.2, 0.25) is 0 Å². The maximum absolute atomic E-state index is 3.31. The molecule has 0 spiro atoms. The summed E-state index contributed by atoms with van der Waals surface area (Å²) in [5.41, 5.74) is 19.7. The van der Waals surface area contributed by atoms with Crippen molar-refractivity contribution in [3.63, 3.8) is 0 Å². The zero-order valence-corrected chi connectivity index (χ0v) is 41.2. The van der Waals surface area contributed by atoms with E-state index in [1.165, 1.54) is 110 Å². The van der Waals surface area contributed by atoms with Crippen LogP contribution in [-0.4, -0.2) is 9.52 Å². The van der Waals surface area contributed by atoms with Crippen molar-refractivity contribution in [1.29, 1.82) is 0 Å². The summed E-state index contributed by atoms with van der Waals surface area (Å²) in [4.78, 5) is 0. The molecule has 9 rings (SSSR count). The predicted molar refractivity (Wildman–Crippen MR) is 252 cm³/mol. The van der Waals surface area contributed by atoms with E-state index in [0.717, 1.165) is 9.52 Å². The van der Waals surface area contributed by atoms with E-state index in [1.54, 1.807) is 0 Å². The van der Waals surface area contributed by atoms with Crippen molar-refractivity contribution in [2.75, 3.05) is 0 Å². The van der Waals surface area contributed by atoms with Crippen LogP contribution in [0.3, 0.4) is 0 Å². The summed E-state index contributed by atoms with van der Waals surface area (Å²) in [7, 11) is 0.795. The van der Waals surface area contributed by atoms with E-state index in [4.69, 9.17) is 0 Å². The van der Waals surface area contributed by atoms with E-state index in [1.807, 2.05) is 6.07 Å². The molecule has 0 aromatic heterocycles. The third-order valence-corrected chi connectivity index (χ3v) is 13.6. The van der Waals surface area contributed by atoms with Gasteiger partial charge in [0, 0.05) is 25.8 Å². The standard InChI is InChI=1S/2C22H25.C12H7Si.Hf/c2*1-14-10-11-19(16(3)15(14)2)20-9-7-8-17-12-18(13-21(17)20)22(4,5)6;1-3-7-11-9(5-1)10-6-2-4-8-12(10)13-11;/h2*7-13H,1-6H3;1-7H;/q3*-1;. The molecule has 0 aliphatic carbocycles. The molecular weight excluding hydrogens is 879 g/mol. The largest absolute Gasteiger partial charge is 0.184 e. The minimum atomic E-state index is 0. The molecule has 2 radical (unpaired) electrons. The van der Waals surface area contributed by atoms with Gasteiger partial charge in [0.15, 0.2) is 0 Å². The molecule has 0 atom stereocenters. The van der Waals surface area contributed by atoms with Gasteiger partial charge in [-0.2, -0.15) is 41.6 Å². The Balaban J connectivity index is 0.000000150. The van der Waals surface area contributed by atoms with E-state index in [9.17, 15) is 0 Å². The van der Waals surface area contributed by atoms with Gasteiger partial charge < -0.3 is 0 Å². The first-order valence-corrected chi connectivity index (χ1v) is 21.4. The van der Waals surface area contributed by atoms with Crippen LogP contribution in [0.5, 0.6) is 0 Å². The van der Waals surface area contributed by atoms with Gasteiger partial charge in [-0.05, 0) is 96.9 Å². The first kappa shape index (κ1) is 43.2. The molecule has 0 nitrogen and oxygen atoms in total. The van der Waals surface area contributed by atoms with Crippen molar-refractivity contribution in [2.24, 2.45) is 0 Å². The van der Waals surface area contributed by atoms with Crippen molar-refractivity contribution in [3.05, 3.63) is 178 Å². The Hall–Kier alpha value is -4.37. The maximum Gasteiger partial charge on any atom is 0.0920 e. The number of rotatable bonds is 2. The zero-order chi connectivity index (χ0) is 40.8. The molecule has 0 unspecified atom stereocenters. The second kappa shape index (κ2) is 17.1. The van der Waals surface area contributed by atoms with Crippen LogP contribution in [0.25, 0.3) is 54.9 Å². The van der Waals surface area contributed by atoms with E-state index in [-0.39, 0.29) is 36.7 Å². The van der Waals surface area contributed by atoms with Gasteiger partial charge in [-0.15, -0.1) is 74.6 Å². The zero-order valence-electron chi connectivity index (χ0n) is 36.6. The van der Waals surface area contributed by atoms with Gasteiger partial charge in [0.1, 0.15) is 0 Å². The van der Waals surface area contributed by atoms with Crippen molar-refractivity contribution < 1.29 is 25.8 Å². The van der Waals surface area contributed by atoms with Gasteiger partial charge >= 0.3 is 0 Å². The molecule has 0 bridgehead atoms. The van der Waals surface area contributed by atoms with E-state index in [2.05, 4.69) is 210 Å². The van der Waals surface area contributed by atoms with Crippen LogP contribution in [0.1, 0.15) is 86.1 Å². The fourth-order valence-corrected chi connectivity index (χ4v) is 9.34. The average molecular weight is 937 g/mol. The second-order valence-corrected chi connectivity index (χ2v) is 19.4. The average Bonchev–Trinajstić information content (AvgIpc) is 3.93. The van der Waals surface area contributed by atoms with Crippen LogP contribution in [0.15, 0.2) is 127 Å². The smallest absolute Gasteiger partial charge is 0.0920 e. The molecular formula is C56H57HfSi-3. The summed E-state index contributed by atoms with van der Waals surface area (Å²) in [6, 6.07) is 50.0. The van der Waals surface area contributed by atoms with Crippen LogP contribution < -0.4 is 10.4 Å². The third kappa shape index (κ3) is 8.66. The SMILES string of the molecule is Cc1ccc(-c2cccc3[cH-]c(C(C)(C)C)cc23)c(C)c1C.Cc1ccc(-c2cccc3[cH-]c(C(C)(C)C)cc23)c(C)c1C.[Hf].[c-]1cccc2c1[Si]c1ccccc1-2. The van der Waals surface area contributed by atoms with Crippen molar-refractivity contribution in [1.82, 2.24) is 0 Å². The summed E-state index contributed by atoms with van der Waals surface area (Å²) in [5, 5.41) is 8.27. The van der Waals surface area contributed by atoms with E-state index >= 15 is 0 Å². The number of hydrogen-bond acceptors (Lipinski definition) is 0. The summed E-state index contributed by atoms with van der Waals surface area (Å²) in [6.07, 6.45) is 0. The van der Waals surface area contributed by atoms with Gasteiger partial charge in [0.05, 0.1) is 9.52 Å². The minimum absolute atomic E-state index is 0. The van der Waals surface area contributed by atoms with Crippen LogP contribution in [-0.2, 0) is 36.7 Å². The normalized spacial score (nSPS) is 11.9. The Bertz CT molecular complexity index is 2550. The Kier molecular flexibility index (Phi) is 12.7. The number of fused-ring (bicyclic) bond motifs is 5. The monoisotopic (exact) mass is 937 g/mol. The Morgan fingerprint density at radius 1 is 0.448 bits per heavy atom. The molecule has 292 valence electrons. The van der Waals surface area contributed by atoms with Gasteiger partial charge in [-0.25, -0.2) is 0 Å². The topological polar surface area (TPSA) is 0 Å². The minimum Gasteiger partial charge on any atom is -0.184 e. The number of benzene rings is 6. The van der Waals surface area contributed by atoms with Crippen LogP contribution in [0.4, 0.5) is 0 Å². The first-order valence-electron chi connectivity index (χ1n) is 20.4. The predicted octanol–water partition coefficient (Wildman–Crippen LogP) is 14.0. The molecule has 0 saturated carbocycles. The van der Waals surface area contributed by atoms with Gasteiger partial charge in [-0.1, -0.05) is 124 Å². The molecule has 58 heavy (non-hydrogen) atoms. The van der Waals surface area contributed by atoms with Crippen molar-refractivity contribution in [3.8, 4) is 33.4 Å². The summed E-state index contributed by atoms with van der Waals surface area (Å²) >= 11 is 0. The van der Waals surface area contributed by atoms with E-state index in [0.29, 0.717) is 0 Å². The Labute approximate surface area is 370 Å². The van der Waals surface area contributed by atoms with Crippen LogP contribution >= 0.6 is 0 Å². The van der Waals surface area contributed by atoms with Gasteiger partial charge in [0.25, 0.3) is 0 Å². The van der Waals surface area contributed by atoms with Gasteiger partial charge in [-0.3, -0.25) is 0 Å². The molecule has 0 N–H and O–H groups in total. The summed E-state index contributed by atoms with van der Waals surface area (Å²) in [6.45, 7) is 27.0. The van der Waals surface area contributed by atoms with Crippen molar-refractivity contribution >= 4 is 41.4 Å². The fraction of sp³-hybridized carbons (Fsp3) is 0.250. The Morgan fingerprint density at radius 3 is 1.38 bits per heavy atom. The van der Waals surface area contributed by atoms with Crippen molar-refractivity contribution in [2.45, 2.75) is 93.9 Å². The van der Waals surface area contributed by atoms with Gasteiger partial charge in [0.2, 0.25) is 0 Å². The van der Waals surface area contributed by atoms with Crippen LogP contribution in [0, 0.1) is 47.6 Å². The molecule has 0 amide bonds. The number of hydrogen-bond donors (Lipinski definition) is 0. The second-order valence-electron chi connectivity index (χ2n) is 18.1. The molecule has 2 heteroatoms. The third-order valence-electron chi connectivity index (χ3n) is 12.3. The summed E-state index contributed by atoms with van der Waals surface area (Å²) < 4.78 is 0. The molecule has 1 heterocycles. The number of aryl methyl sites for hydroxylation is 2. The molecule has 0 fully saturated rings. The quantitative estimate of drug-likeness (QED) is 0.120. The summed E-state index contributed by atoms with van der Waals surface area (Å²) in [5.74, 6) is 0. The molecule has 8 aromatic rings. The molecule has 1 aliphatic rings. The molecule has 8 aromatic carbocycles. The first-order chi connectivity index (χ1) is 27.0. The fourth-order valence-electron chi connectivity index (χ4n) is 8.03. The van der Waals surface area contributed by atoms with E-state index < -0.39 is 0 Å². The maximum atomic E-state index is 3.31. The Morgan fingerprint density at radius 2 is 0.897 bits per heavy atom. The molecule has 0 saturated heterocycles. The molecule has 1 aliphatic heterocycles.